The Kier molecular flexibility index (Phi) is 1.79. The van der Waals surface area contributed by atoms with Crippen molar-refractivity contribution in [2.24, 2.45) is 0 Å². The Balaban J connectivity index is 2.56. The van der Waals surface area contributed by atoms with Gasteiger partial charge in [-0.15, -0.1) is 0 Å². The molecule has 0 aliphatic carbocycles. The van der Waals surface area contributed by atoms with Crippen molar-refractivity contribution >= 4 is 27.8 Å². The van der Waals surface area contributed by atoms with Crippen molar-refractivity contribution in [3.8, 4) is 0 Å². The number of pyridine rings is 2. The third-order valence-corrected chi connectivity index (χ3v) is 2.63. The second kappa shape index (κ2) is 3.18. The van der Waals surface area contributed by atoms with Crippen molar-refractivity contribution in [1.82, 2.24) is 15.0 Å². The Hall–Kier alpha value is -2.63. The number of carboxylic acid groups (broad SMARTS) is 1. The molecule has 6 nitrogen and oxygen atoms in total. The lowest BCUT2D eigenvalue weighted by Crippen LogP contribution is -2.05. The van der Waals surface area contributed by atoms with Crippen molar-refractivity contribution in [2.45, 2.75) is 0 Å². The standard InChI is InChI=1S/C11H7N3O3/c15-10-6-3-7(11(16)17)13-9(6)5-1-2-12-4-8(5)14-10/h1-4,13H,(H,14,15)(H,16,17). The van der Waals surface area contributed by atoms with Gasteiger partial charge >= 0.3 is 5.97 Å². The van der Waals surface area contributed by atoms with E-state index in [9.17, 15) is 9.59 Å². The normalized spacial score (nSPS) is 11.1. The predicted octanol–water partition coefficient (Wildman–Crippen LogP) is 1.10. The molecule has 0 aliphatic heterocycles. The van der Waals surface area contributed by atoms with Gasteiger partial charge in [0.25, 0.3) is 5.56 Å². The number of fused-ring (bicyclic) bond motifs is 3. The maximum Gasteiger partial charge on any atom is 0.352 e. The Morgan fingerprint density at radius 1 is 1.29 bits per heavy atom. The summed E-state index contributed by atoms with van der Waals surface area (Å²) in [7, 11) is 0. The lowest BCUT2D eigenvalue weighted by molar-refractivity contribution is 0.0691. The van der Waals surface area contributed by atoms with E-state index in [1.807, 2.05) is 0 Å². The number of nitrogens with zero attached hydrogens (tertiary/aromatic N) is 1. The molecule has 3 N–H and O–H groups in total. The van der Waals surface area contributed by atoms with Gasteiger partial charge in [-0.25, -0.2) is 4.79 Å². The number of aromatic amines is 2. The molecule has 0 fully saturated rings. The van der Waals surface area contributed by atoms with Crippen LogP contribution in [0.15, 0.2) is 29.3 Å². The van der Waals surface area contributed by atoms with E-state index in [0.29, 0.717) is 16.4 Å². The van der Waals surface area contributed by atoms with E-state index in [-0.39, 0.29) is 11.3 Å². The van der Waals surface area contributed by atoms with Crippen LogP contribution in [0.3, 0.4) is 0 Å². The first-order valence-electron chi connectivity index (χ1n) is 4.89. The highest BCUT2D eigenvalue weighted by Crippen LogP contribution is 2.20. The van der Waals surface area contributed by atoms with Crippen LogP contribution in [0.2, 0.25) is 0 Å². The molecule has 0 aliphatic rings. The SMILES string of the molecule is O=C(O)c1cc2c(=O)[nH]c3cnccc3c2[nH]1. The van der Waals surface area contributed by atoms with Gasteiger partial charge in [0.05, 0.1) is 22.6 Å². The number of hydrogen-bond donors (Lipinski definition) is 3. The topological polar surface area (TPSA) is 98.8 Å². The average molecular weight is 229 g/mol. The highest BCUT2D eigenvalue weighted by atomic mass is 16.4. The van der Waals surface area contributed by atoms with Crippen molar-refractivity contribution in [2.75, 3.05) is 0 Å². The number of rotatable bonds is 1. The molecule has 0 atom stereocenters. The first-order chi connectivity index (χ1) is 8.16. The fourth-order valence-corrected chi connectivity index (χ4v) is 1.86. The summed E-state index contributed by atoms with van der Waals surface area (Å²) in [6.07, 6.45) is 3.11. The zero-order valence-electron chi connectivity index (χ0n) is 8.52. The van der Waals surface area contributed by atoms with Crippen LogP contribution in [-0.2, 0) is 0 Å². The Labute approximate surface area is 93.9 Å². The summed E-state index contributed by atoms with van der Waals surface area (Å²) in [4.78, 5) is 31.9. The molecule has 0 bridgehead atoms. The molecule has 0 amide bonds. The predicted molar refractivity (Wildman–Crippen MR) is 61.2 cm³/mol. The molecule has 17 heavy (non-hydrogen) atoms. The van der Waals surface area contributed by atoms with Gasteiger partial charge in [0.15, 0.2) is 0 Å². The highest BCUT2D eigenvalue weighted by molar-refractivity contribution is 6.05. The van der Waals surface area contributed by atoms with Crippen LogP contribution >= 0.6 is 0 Å². The molecule has 3 heterocycles. The van der Waals surface area contributed by atoms with E-state index in [1.165, 1.54) is 12.3 Å². The van der Waals surface area contributed by atoms with Crippen LogP contribution < -0.4 is 5.56 Å². The molecule has 3 aromatic rings. The van der Waals surface area contributed by atoms with Gasteiger partial charge in [0.2, 0.25) is 0 Å². The van der Waals surface area contributed by atoms with Crippen LogP contribution in [0.1, 0.15) is 10.5 Å². The first kappa shape index (κ1) is 9.59. The van der Waals surface area contributed by atoms with Crippen LogP contribution in [0, 0.1) is 0 Å². The molecular formula is C11H7N3O3. The van der Waals surface area contributed by atoms with Crippen molar-refractivity contribution < 1.29 is 9.90 Å². The second-order valence-corrected chi connectivity index (χ2v) is 3.65. The molecule has 84 valence electrons. The minimum atomic E-state index is -1.09. The molecule has 0 spiro atoms. The van der Waals surface area contributed by atoms with Gasteiger partial charge in [-0.3, -0.25) is 9.78 Å². The van der Waals surface area contributed by atoms with Gasteiger partial charge in [-0.2, -0.15) is 0 Å². The first-order valence-corrected chi connectivity index (χ1v) is 4.89. The molecule has 3 aromatic heterocycles. The average Bonchev–Trinajstić information content (AvgIpc) is 2.75. The zero-order valence-corrected chi connectivity index (χ0v) is 8.52. The summed E-state index contributed by atoms with van der Waals surface area (Å²) >= 11 is 0. The molecule has 0 unspecified atom stereocenters. The van der Waals surface area contributed by atoms with Crippen LogP contribution in [0.4, 0.5) is 0 Å². The van der Waals surface area contributed by atoms with Crippen LogP contribution in [0.5, 0.6) is 0 Å². The van der Waals surface area contributed by atoms with Gasteiger partial charge in [-0.05, 0) is 12.1 Å². The fraction of sp³-hybridized carbons (Fsp3) is 0. The van der Waals surface area contributed by atoms with Crippen molar-refractivity contribution in [3.05, 3.63) is 40.6 Å². The van der Waals surface area contributed by atoms with E-state index in [1.54, 1.807) is 12.3 Å². The summed E-state index contributed by atoms with van der Waals surface area (Å²) in [6, 6.07) is 3.05. The number of carbonyl (C=O) groups is 1. The summed E-state index contributed by atoms with van der Waals surface area (Å²) in [6.45, 7) is 0. The number of carboxylic acids is 1. The van der Waals surface area contributed by atoms with Gasteiger partial charge in [0.1, 0.15) is 5.69 Å². The summed E-state index contributed by atoms with van der Waals surface area (Å²) < 4.78 is 0. The molecule has 0 aromatic carbocycles. The molecular weight excluding hydrogens is 222 g/mol. The summed E-state index contributed by atoms with van der Waals surface area (Å²) in [5.74, 6) is -1.09. The third-order valence-electron chi connectivity index (χ3n) is 2.63. The van der Waals surface area contributed by atoms with Gasteiger partial charge in [-0.1, -0.05) is 0 Å². The molecule has 6 heteroatoms. The maximum atomic E-state index is 11.7. The van der Waals surface area contributed by atoms with Gasteiger partial charge in [0, 0.05) is 11.6 Å². The number of aromatic carboxylic acids is 1. The summed E-state index contributed by atoms with van der Waals surface area (Å²) in [5, 5.41) is 9.97. The maximum absolute atomic E-state index is 11.7. The molecule has 0 saturated carbocycles. The molecule has 0 saturated heterocycles. The largest absolute Gasteiger partial charge is 0.477 e. The Bertz CT molecular complexity index is 800. The minimum absolute atomic E-state index is 0.00480. The van der Waals surface area contributed by atoms with E-state index in [4.69, 9.17) is 5.11 Å². The smallest absolute Gasteiger partial charge is 0.352 e. The molecule has 0 radical (unpaired) electrons. The van der Waals surface area contributed by atoms with Crippen molar-refractivity contribution in [3.63, 3.8) is 0 Å². The van der Waals surface area contributed by atoms with E-state index >= 15 is 0 Å². The quantitative estimate of drug-likeness (QED) is 0.581. The zero-order chi connectivity index (χ0) is 12.0. The number of nitrogens with one attached hydrogen (secondary N) is 2. The lowest BCUT2D eigenvalue weighted by atomic mass is 10.2. The van der Waals surface area contributed by atoms with Crippen LogP contribution in [0.25, 0.3) is 21.8 Å². The van der Waals surface area contributed by atoms with Crippen LogP contribution in [-0.4, -0.2) is 26.0 Å². The summed E-state index contributed by atoms with van der Waals surface area (Å²) in [5.41, 5.74) is 0.756. The van der Waals surface area contributed by atoms with Crippen molar-refractivity contribution in [1.29, 1.82) is 0 Å². The molecule has 3 rings (SSSR count). The van der Waals surface area contributed by atoms with Gasteiger partial charge < -0.3 is 15.1 Å². The van der Waals surface area contributed by atoms with E-state index in [0.717, 1.165) is 5.39 Å². The Morgan fingerprint density at radius 2 is 2.12 bits per heavy atom. The monoisotopic (exact) mass is 229 g/mol. The lowest BCUT2D eigenvalue weighted by Gasteiger charge is -1.97. The number of H-pyrrole nitrogens is 2. The number of aromatic nitrogens is 3. The van der Waals surface area contributed by atoms with E-state index < -0.39 is 5.97 Å². The number of hydrogen-bond acceptors (Lipinski definition) is 3. The fourth-order valence-electron chi connectivity index (χ4n) is 1.86. The minimum Gasteiger partial charge on any atom is -0.477 e. The third kappa shape index (κ3) is 1.31. The Morgan fingerprint density at radius 3 is 2.88 bits per heavy atom. The van der Waals surface area contributed by atoms with E-state index in [2.05, 4.69) is 15.0 Å². The second-order valence-electron chi connectivity index (χ2n) is 3.65. The highest BCUT2D eigenvalue weighted by Gasteiger charge is 2.12.